The number of likely N-dealkylation sites (tertiary alicyclic amines) is 1. The molecule has 2 heterocycles. The van der Waals surface area contributed by atoms with Gasteiger partial charge in [-0.25, -0.2) is 4.68 Å². The maximum Gasteiger partial charge on any atom is 0.257 e. The Bertz CT molecular complexity index is 603. The quantitative estimate of drug-likeness (QED) is 0.901. The zero-order valence-corrected chi connectivity index (χ0v) is 10.8. The van der Waals surface area contributed by atoms with Gasteiger partial charge in [-0.2, -0.15) is 5.10 Å². The highest BCUT2D eigenvalue weighted by molar-refractivity contribution is 6.30. The minimum Gasteiger partial charge on any atom is -0.389 e. The van der Waals surface area contributed by atoms with Crippen molar-refractivity contribution in [2.24, 2.45) is 0 Å². The number of halogens is 1. The van der Waals surface area contributed by atoms with Gasteiger partial charge in [0.1, 0.15) is 0 Å². The fourth-order valence-electron chi connectivity index (χ4n) is 1.97. The molecule has 1 amide bonds. The van der Waals surface area contributed by atoms with Crippen LogP contribution in [0.15, 0.2) is 36.7 Å². The highest BCUT2D eigenvalue weighted by Crippen LogP contribution is 2.16. The summed E-state index contributed by atoms with van der Waals surface area (Å²) in [5, 5.41) is 14.0. The molecule has 1 aromatic carbocycles. The van der Waals surface area contributed by atoms with Gasteiger partial charge in [-0.15, -0.1) is 0 Å². The number of aliphatic hydroxyl groups excluding tert-OH is 1. The fraction of sp³-hybridized carbons (Fsp3) is 0.231. The van der Waals surface area contributed by atoms with Crippen molar-refractivity contribution < 1.29 is 9.90 Å². The second kappa shape index (κ2) is 4.68. The summed E-state index contributed by atoms with van der Waals surface area (Å²) in [5.74, 6) is -0.106. The van der Waals surface area contributed by atoms with Crippen molar-refractivity contribution in [2.45, 2.75) is 6.10 Å². The number of aliphatic hydroxyl groups is 1. The van der Waals surface area contributed by atoms with Crippen LogP contribution in [0.5, 0.6) is 0 Å². The van der Waals surface area contributed by atoms with Gasteiger partial charge in [0.2, 0.25) is 0 Å². The van der Waals surface area contributed by atoms with E-state index in [-0.39, 0.29) is 5.91 Å². The average molecular weight is 278 g/mol. The van der Waals surface area contributed by atoms with Gasteiger partial charge in [-0.05, 0) is 24.3 Å². The minimum absolute atomic E-state index is 0.106. The van der Waals surface area contributed by atoms with E-state index in [1.807, 2.05) is 12.1 Å². The SMILES string of the molecule is O=C(c1cnn(-c2ccc(Cl)cc2)c1)N1CC(O)C1. The van der Waals surface area contributed by atoms with Crippen molar-refractivity contribution in [1.29, 1.82) is 0 Å². The van der Waals surface area contributed by atoms with Crippen molar-refractivity contribution in [1.82, 2.24) is 14.7 Å². The van der Waals surface area contributed by atoms with Crippen LogP contribution >= 0.6 is 11.6 Å². The zero-order chi connectivity index (χ0) is 13.4. The number of aromatic nitrogens is 2. The van der Waals surface area contributed by atoms with E-state index in [0.29, 0.717) is 23.7 Å². The van der Waals surface area contributed by atoms with Gasteiger partial charge in [-0.3, -0.25) is 4.79 Å². The molecule has 3 rings (SSSR count). The number of amides is 1. The maximum absolute atomic E-state index is 12.0. The van der Waals surface area contributed by atoms with Crippen LogP contribution < -0.4 is 0 Å². The minimum atomic E-state index is -0.393. The Morgan fingerprint density at radius 1 is 1.32 bits per heavy atom. The molecule has 1 N–H and O–H groups in total. The molecule has 1 fully saturated rings. The topological polar surface area (TPSA) is 58.4 Å². The second-order valence-electron chi connectivity index (χ2n) is 4.51. The number of carbonyl (C=O) groups is 1. The van der Waals surface area contributed by atoms with Gasteiger partial charge in [0.15, 0.2) is 0 Å². The van der Waals surface area contributed by atoms with Gasteiger partial charge < -0.3 is 10.0 Å². The van der Waals surface area contributed by atoms with Crippen LogP contribution in [0.2, 0.25) is 5.02 Å². The van der Waals surface area contributed by atoms with E-state index in [0.717, 1.165) is 5.69 Å². The lowest BCUT2D eigenvalue weighted by Crippen LogP contribution is -2.53. The standard InChI is InChI=1S/C13H12ClN3O2/c14-10-1-3-11(4-2-10)17-6-9(5-15-17)13(19)16-7-12(18)8-16/h1-6,12,18H,7-8H2. The zero-order valence-electron chi connectivity index (χ0n) is 10.0. The molecule has 6 heteroatoms. The van der Waals surface area contributed by atoms with E-state index in [9.17, 15) is 9.90 Å². The largest absolute Gasteiger partial charge is 0.389 e. The molecule has 0 unspecified atom stereocenters. The number of carbonyl (C=O) groups excluding carboxylic acids is 1. The third-order valence-electron chi connectivity index (χ3n) is 3.07. The van der Waals surface area contributed by atoms with Crippen LogP contribution in [-0.2, 0) is 0 Å². The first-order valence-corrected chi connectivity index (χ1v) is 6.29. The Morgan fingerprint density at radius 3 is 2.63 bits per heavy atom. The Kier molecular flexibility index (Phi) is 3.00. The van der Waals surface area contributed by atoms with Crippen molar-refractivity contribution in [2.75, 3.05) is 13.1 Å². The average Bonchev–Trinajstić information content (AvgIpc) is 2.85. The van der Waals surface area contributed by atoms with E-state index >= 15 is 0 Å². The molecule has 0 atom stereocenters. The summed E-state index contributed by atoms with van der Waals surface area (Å²) in [6, 6.07) is 7.20. The third-order valence-corrected chi connectivity index (χ3v) is 3.32. The van der Waals surface area contributed by atoms with E-state index in [1.165, 1.54) is 6.20 Å². The summed E-state index contributed by atoms with van der Waals surface area (Å²) in [7, 11) is 0. The van der Waals surface area contributed by atoms with Crippen LogP contribution in [0.4, 0.5) is 0 Å². The van der Waals surface area contributed by atoms with Crippen LogP contribution in [0.1, 0.15) is 10.4 Å². The highest BCUT2D eigenvalue weighted by Gasteiger charge is 2.30. The second-order valence-corrected chi connectivity index (χ2v) is 4.95. The summed E-state index contributed by atoms with van der Waals surface area (Å²) < 4.78 is 1.62. The molecule has 1 aliphatic rings. The first kappa shape index (κ1) is 12.2. The molecule has 0 radical (unpaired) electrons. The maximum atomic E-state index is 12.0. The van der Waals surface area contributed by atoms with E-state index < -0.39 is 6.10 Å². The molecule has 1 saturated heterocycles. The van der Waals surface area contributed by atoms with Crippen molar-refractivity contribution in [3.63, 3.8) is 0 Å². The summed E-state index contributed by atoms with van der Waals surface area (Å²) >= 11 is 5.82. The number of rotatable bonds is 2. The smallest absolute Gasteiger partial charge is 0.257 e. The van der Waals surface area contributed by atoms with Crippen LogP contribution in [0.3, 0.4) is 0 Å². The number of β-amino-alcohol motifs (C(OH)–C–C–N with tert-alkyl or cyclic N) is 1. The van der Waals surface area contributed by atoms with E-state index in [2.05, 4.69) is 5.10 Å². The van der Waals surface area contributed by atoms with Gasteiger partial charge >= 0.3 is 0 Å². The first-order chi connectivity index (χ1) is 9.13. The fourth-order valence-corrected chi connectivity index (χ4v) is 2.10. The number of hydrogen-bond donors (Lipinski definition) is 1. The molecule has 19 heavy (non-hydrogen) atoms. The van der Waals surface area contributed by atoms with Crippen molar-refractivity contribution in [3.05, 3.63) is 47.2 Å². The van der Waals surface area contributed by atoms with Crippen molar-refractivity contribution >= 4 is 17.5 Å². The summed E-state index contributed by atoms with van der Waals surface area (Å²) in [6.45, 7) is 0.788. The Balaban J connectivity index is 1.79. The van der Waals surface area contributed by atoms with E-state index in [4.69, 9.17) is 11.6 Å². The van der Waals surface area contributed by atoms with Crippen LogP contribution in [0.25, 0.3) is 5.69 Å². The normalized spacial score (nSPS) is 15.4. The lowest BCUT2D eigenvalue weighted by atomic mass is 10.1. The van der Waals surface area contributed by atoms with E-state index in [1.54, 1.807) is 27.9 Å². The van der Waals surface area contributed by atoms with Crippen LogP contribution in [0, 0.1) is 0 Å². The van der Waals surface area contributed by atoms with Crippen molar-refractivity contribution in [3.8, 4) is 5.69 Å². The first-order valence-electron chi connectivity index (χ1n) is 5.91. The number of benzene rings is 1. The lowest BCUT2D eigenvalue weighted by molar-refractivity contribution is 0.00589. The summed E-state index contributed by atoms with van der Waals surface area (Å²) in [4.78, 5) is 13.6. The molecule has 1 aliphatic heterocycles. The molecular formula is C13H12ClN3O2. The number of nitrogens with zero attached hydrogens (tertiary/aromatic N) is 3. The number of hydrogen-bond acceptors (Lipinski definition) is 3. The molecule has 98 valence electrons. The molecule has 1 aromatic heterocycles. The predicted octanol–water partition coefficient (Wildman–Crippen LogP) is 1.34. The Hall–Kier alpha value is -1.85. The predicted molar refractivity (Wildman–Crippen MR) is 70.5 cm³/mol. The van der Waals surface area contributed by atoms with Gasteiger partial charge in [-0.1, -0.05) is 11.6 Å². The molecule has 0 spiro atoms. The summed E-state index contributed by atoms with van der Waals surface area (Å²) in [6.07, 6.45) is 2.81. The molecule has 2 aromatic rings. The van der Waals surface area contributed by atoms with Gasteiger partial charge in [0, 0.05) is 24.3 Å². The van der Waals surface area contributed by atoms with Gasteiger partial charge in [0.05, 0.1) is 23.6 Å². The van der Waals surface area contributed by atoms with Crippen LogP contribution in [-0.4, -0.2) is 44.9 Å². The van der Waals surface area contributed by atoms with Gasteiger partial charge in [0.25, 0.3) is 5.91 Å². The molecule has 5 nitrogen and oxygen atoms in total. The summed E-state index contributed by atoms with van der Waals surface area (Å²) in [5.41, 5.74) is 1.36. The molecule has 0 bridgehead atoms. The monoisotopic (exact) mass is 277 g/mol. The highest BCUT2D eigenvalue weighted by atomic mass is 35.5. The Labute approximate surface area is 115 Å². The molecule has 0 saturated carbocycles. The Morgan fingerprint density at radius 2 is 2.00 bits per heavy atom. The molecule has 0 aliphatic carbocycles. The third kappa shape index (κ3) is 2.34. The molecular weight excluding hydrogens is 266 g/mol. The lowest BCUT2D eigenvalue weighted by Gasteiger charge is -2.35.